The molecule has 6 heteroatoms. The zero-order valence-electron chi connectivity index (χ0n) is 11.7. The minimum atomic E-state index is -0.0697. The van der Waals surface area contributed by atoms with Crippen molar-refractivity contribution in [3.05, 3.63) is 42.5 Å². The summed E-state index contributed by atoms with van der Waals surface area (Å²) in [5.74, 6) is -0.0697. The monoisotopic (exact) mass is 273 g/mol. The summed E-state index contributed by atoms with van der Waals surface area (Å²) in [6.07, 6.45) is 7.09. The van der Waals surface area contributed by atoms with E-state index in [0.717, 1.165) is 17.8 Å². The van der Waals surface area contributed by atoms with E-state index in [-0.39, 0.29) is 18.5 Å². The molecule has 1 unspecified atom stereocenters. The number of nitrogens with zero attached hydrogens (tertiary/aromatic N) is 3. The van der Waals surface area contributed by atoms with Gasteiger partial charge in [0.05, 0.1) is 19.3 Å². The van der Waals surface area contributed by atoms with Gasteiger partial charge < -0.3 is 10.6 Å². The molecule has 0 radical (unpaired) electrons. The van der Waals surface area contributed by atoms with Crippen molar-refractivity contribution in [3.8, 4) is 0 Å². The average molecular weight is 273 g/mol. The molecule has 0 fully saturated rings. The minimum absolute atomic E-state index is 0.0697. The van der Waals surface area contributed by atoms with E-state index in [4.69, 9.17) is 0 Å². The molecule has 0 spiro atoms. The van der Waals surface area contributed by atoms with Gasteiger partial charge in [0.25, 0.3) is 0 Å². The van der Waals surface area contributed by atoms with E-state index in [1.165, 1.54) is 0 Å². The standard InChI is InChI=1S/C14H19N5O/c1-11-7-17-19(9-11)10-12(2)16-8-14(20)18-13-3-5-15-6-4-13/h3-7,9,12,16H,8,10H2,1-2H3,(H,15,18,20). The largest absolute Gasteiger partial charge is 0.325 e. The van der Waals surface area contributed by atoms with Crippen LogP contribution in [0.15, 0.2) is 36.9 Å². The fourth-order valence-corrected chi connectivity index (χ4v) is 1.82. The second-order valence-electron chi connectivity index (χ2n) is 4.81. The lowest BCUT2D eigenvalue weighted by Gasteiger charge is -2.13. The minimum Gasteiger partial charge on any atom is -0.325 e. The van der Waals surface area contributed by atoms with Crippen LogP contribution in [0.5, 0.6) is 0 Å². The van der Waals surface area contributed by atoms with Gasteiger partial charge in [0.2, 0.25) is 5.91 Å². The maximum Gasteiger partial charge on any atom is 0.238 e. The van der Waals surface area contributed by atoms with Crippen molar-refractivity contribution in [1.29, 1.82) is 0 Å². The lowest BCUT2D eigenvalue weighted by atomic mass is 10.3. The van der Waals surface area contributed by atoms with Crippen molar-refractivity contribution in [2.45, 2.75) is 26.4 Å². The average Bonchev–Trinajstić information content (AvgIpc) is 2.83. The predicted molar refractivity (Wildman–Crippen MR) is 77.3 cm³/mol. The number of amides is 1. The van der Waals surface area contributed by atoms with E-state index in [9.17, 15) is 4.79 Å². The van der Waals surface area contributed by atoms with Gasteiger partial charge in [-0.3, -0.25) is 14.5 Å². The molecule has 2 rings (SSSR count). The Kier molecular flexibility index (Phi) is 4.84. The molecule has 2 N–H and O–H groups in total. The van der Waals surface area contributed by atoms with Gasteiger partial charge in [0.1, 0.15) is 0 Å². The maximum absolute atomic E-state index is 11.8. The molecule has 2 aromatic rings. The molecule has 0 bridgehead atoms. The quantitative estimate of drug-likeness (QED) is 0.829. The molecule has 0 aromatic carbocycles. The van der Waals surface area contributed by atoms with Crippen molar-refractivity contribution >= 4 is 11.6 Å². The maximum atomic E-state index is 11.8. The third-order valence-corrected chi connectivity index (χ3v) is 2.80. The molecule has 20 heavy (non-hydrogen) atoms. The first-order valence-electron chi connectivity index (χ1n) is 6.56. The number of pyridine rings is 1. The van der Waals surface area contributed by atoms with Crippen LogP contribution in [0.25, 0.3) is 0 Å². The first-order valence-corrected chi connectivity index (χ1v) is 6.56. The molecular formula is C14H19N5O. The van der Waals surface area contributed by atoms with E-state index in [1.807, 2.05) is 30.9 Å². The molecule has 106 valence electrons. The summed E-state index contributed by atoms with van der Waals surface area (Å²) in [7, 11) is 0. The lowest BCUT2D eigenvalue weighted by molar-refractivity contribution is -0.115. The van der Waals surface area contributed by atoms with E-state index in [1.54, 1.807) is 24.5 Å². The second-order valence-corrected chi connectivity index (χ2v) is 4.81. The van der Waals surface area contributed by atoms with E-state index < -0.39 is 0 Å². The van der Waals surface area contributed by atoms with Crippen LogP contribution in [0.4, 0.5) is 5.69 Å². The number of aryl methyl sites for hydroxylation is 1. The third kappa shape index (κ3) is 4.47. The highest BCUT2D eigenvalue weighted by atomic mass is 16.1. The van der Waals surface area contributed by atoms with Gasteiger partial charge in [-0.2, -0.15) is 5.10 Å². The number of rotatable bonds is 6. The van der Waals surface area contributed by atoms with Crippen LogP contribution in [-0.4, -0.2) is 33.3 Å². The van der Waals surface area contributed by atoms with E-state index >= 15 is 0 Å². The number of hydrogen-bond acceptors (Lipinski definition) is 4. The summed E-state index contributed by atoms with van der Waals surface area (Å²) in [6.45, 7) is 5.03. The van der Waals surface area contributed by atoms with Crippen molar-refractivity contribution in [2.24, 2.45) is 0 Å². The Bertz CT molecular complexity index is 552. The van der Waals surface area contributed by atoms with Gasteiger partial charge in [-0.1, -0.05) is 0 Å². The Morgan fingerprint density at radius 1 is 1.40 bits per heavy atom. The second kappa shape index (κ2) is 6.81. The van der Waals surface area contributed by atoms with Crippen molar-refractivity contribution in [3.63, 3.8) is 0 Å². The van der Waals surface area contributed by atoms with Gasteiger partial charge in [-0.15, -0.1) is 0 Å². The number of anilines is 1. The van der Waals surface area contributed by atoms with Crippen LogP contribution in [0.2, 0.25) is 0 Å². The summed E-state index contributed by atoms with van der Waals surface area (Å²) in [5.41, 5.74) is 1.88. The van der Waals surface area contributed by atoms with Crippen molar-refractivity contribution in [2.75, 3.05) is 11.9 Å². The van der Waals surface area contributed by atoms with Gasteiger partial charge >= 0.3 is 0 Å². The molecule has 1 amide bonds. The number of carbonyl (C=O) groups is 1. The first kappa shape index (κ1) is 14.2. The fraction of sp³-hybridized carbons (Fsp3) is 0.357. The third-order valence-electron chi connectivity index (χ3n) is 2.80. The lowest BCUT2D eigenvalue weighted by Crippen LogP contribution is -2.36. The van der Waals surface area contributed by atoms with Crippen molar-refractivity contribution in [1.82, 2.24) is 20.1 Å². The van der Waals surface area contributed by atoms with E-state index in [2.05, 4.69) is 20.7 Å². The van der Waals surface area contributed by atoms with E-state index in [0.29, 0.717) is 0 Å². The van der Waals surface area contributed by atoms with Crippen LogP contribution in [0, 0.1) is 6.92 Å². The first-order chi connectivity index (χ1) is 9.63. The predicted octanol–water partition coefficient (Wildman–Crippen LogP) is 1.20. The molecule has 0 saturated heterocycles. The highest BCUT2D eigenvalue weighted by molar-refractivity contribution is 5.92. The van der Waals surface area contributed by atoms with Crippen LogP contribution in [-0.2, 0) is 11.3 Å². The zero-order valence-corrected chi connectivity index (χ0v) is 11.7. The molecule has 2 aromatic heterocycles. The summed E-state index contributed by atoms with van der Waals surface area (Å²) < 4.78 is 1.87. The molecule has 2 heterocycles. The number of carbonyl (C=O) groups excluding carboxylic acids is 1. The molecule has 0 aliphatic heterocycles. The molecule has 0 aliphatic rings. The Morgan fingerprint density at radius 2 is 2.15 bits per heavy atom. The SMILES string of the molecule is Cc1cnn(CC(C)NCC(=O)Nc2ccncc2)c1. The molecule has 1 atom stereocenters. The van der Waals surface area contributed by atoms with Crippen LogP contribution >= 0.6 is 0 Å². The Labute approximate surface area is 118 Å². The number of hydrogen-bond donors (Lipinski definition) is 2. The molecular weight excluding hydrogens is 254 g/mol. The Balaban J connectivity index is 1.73. The Hall–Kier alpha value is -2.21. The van der Waals surface area contributed by atoms with Gasteiger partial charge in [0, 0.05) is 30.3 Å². The van der Waals surface area contributed by atoms with Crippen molar-refractivity contribution < 1.29 is 4.79 Å². The van der Waals surface area contributed by atoms with Gasteiger partial charge in [-0.25, -0.2) is 0 Å². The summed E-state index contributed by atoms with van der Waals surface area (Å²) in [4.78, 5) is 15.7. The fourth-order valence-electron chi connectivity index (χ4n) is 1.82. The zero-order chi connectivity index (χ0) is 14.4. The summed E-state index contributed by atoms with van der Waals surface area (Å²) in [5, 5.41) is 10.2. The number of aromatic nitrogens is 3. The topological polar surface area (TPSA) is 71.8 Å². The molecule has 0 aliphatic carbocycles. The number of nitrogens with one attached hydrogen (secondary N) is 2. The van der Waals surface area contributed by atoms with Crippen LogP contribution < -0.4 is 10.6 Å². The summed E-state index contributed by atoms with van der Waals surface area (Å²) >= 11 is 0. The highest BCUT2D eigenvalue weighted by Gasteiger charge is 2.07. The van der Waals surface area contributed by atoms with Gasteiger partial charge in [-0.05, 0) is 31.5 Å². The van der Waals surface area contributed by atoms with Crippen LogP contribution in [0.1, 0.15) is 12.5 Å². The van der Waals surface area contributed by atoms with Gasteiger partial charge in [0.15, 0.2) is 0 Å². The summed E-state index contributed by atoms with van der Waals surface area (Å²) in [6, 6.07) is 3.68. The molecule has 6 nitrogen and oxygen atoms in total. The van der Waals surface area contributed by atoms with Crippen LogP contribution in [0.3, 0.4) is 0 Å². The smallest absolute Gasteiger partial charge is 0.238 e. The highest BCUT2D eigenvalue weighted by Crippen LogP contribution is 2.02. The Morgan fingerprint density at radius 3 is 2.80 bits per heavy atom. The molecule has 0 saturated carbocycles. The normalized spacial score (nSPS) is 12.1.